The first-order valence-electron chi connectivity index (χ1n) is 7.44. The summed E-state index contributed by atoms with van der Waals surface area (Å²) in [7, 11) is 0. The van der Waals surface area contributed by atoms with Gasteiger partial charge in [-0.1, -0.05) is 0 Å². The van der Waals surface area contributed by atoms with Gasteiger partial charge in [-0.3, -0.25) is 24.2 Å². The summed E-state index contributed by atoms with van der Waals surface area (Å²) in [6, 6.07) is -2.37. The Labute approximate surface area is 143 Å². The van der Waals surface area contributed by atoms with E-state index in [0.29, 0.717) is 6.42 Å². The van der Waals surface area contributed by atoms with E-state index in [1.807, 2.05) is 0 Å². The smallest absolute Gasteiger partial charge is 0.303 e. The zero-order chi connectivity index (χ0) is 19.4. The van der Waals surface area contributed by atoms with Crippen LogP contribution in [0, 0.1) is 0 Å². The molecule has 3 amide bonds. The highest BCUT2D eigenvalue weighted by Gasteiger charge is 2.25. The summed E-state index contributed by atoms with van der Waals surface area (Å²) < 4.78 is 0. The first-order valence-corrected chi connectivity index (χ1v) is 7.44. The number of amides is 3. The fraction of sp³-hybridized carbons (Fsp3) is 0.615. The van der Waals surface area contributed by atoms with Crippen LogP contribution in [-0.2, 0) is 19.2 Å². The van der Waals surface area contributed by atoms with Crippen LogP contribution >= 0.6 is 0 Å². The van der Waals surface area contributed by atoms with E-state index in [4.69, 9.17) is 22.3 Å². The molecule has 0 rings (SSSR count). The number of nitrogens with zero attached hydrogens (tertiary/aromatic N) is 1. The Bertz CT molecular complexity index is 519. The minimum atomic E-state index is -1.33. The van der Waals surface area contributed by atoms with Gasteiger partial charge in [0.25, 0.3) is 0 Å². The van der Waals surface area contributed by atoms with E-state index in [9.17, 15) is 24.3 Å². The fourth-order valence-corrected chi connectivity index (χ4v) is 1.74. The molecule has 142 valence electrons. The minimum Gasteiger partial charge on any atom is -0.481 e. The van der Waals surface area contributed by atoms with E-state index in [1.54, 1.807) is 0 Å². The topological polar surface area (TPSA) is 223 Å². The van der Waals surface area contributed by atoms with Crippen LogP contribution in [0.3, 0.4) is 0 Å². The second kappa shape index (κ2) is 11.6. The Morgan fingerprint density at radius 1 is 1.00 bits per heavy atom. The number of aliphatic hydroxyl groups excluding tert-OH is 1. The summed E-state index contributed by atoms with van der Waals surface area (Å²) in [4.78, 5) is 49.0. The lowest BCUT2D eigenvalue weighted by Crippen LogP contribution is -2.54. The maximum absolute atomic E-state index is 12.0. The molecule has 0 radical (unpaired) electrons. The zero-order valence-corrected chi connectivity index (χ0v) is 13.6. The number of aliphatic carboxylic acids is 1. The number of guanidine groups is 1. The fourth-order valence-electron chi connectivity index (χ4n) is 1.74. The van der Waals surface area contributed by atoms with Gasteiger partial charge in [0.2, 0.25) is 17.7 Å². The number of nitrogens with one attached hydrogen (secondary N) is 2. The average Bonchev–Trinajstić information content (AvgIpc) is 2.52. The van der Waals surface area contributed by atoms with Crippen LogP contribution in [0.1, 0.15) is 25.7 Å². The molecule has 0 aliphatic carbocycles. The van der Waals surface area contributed by atoms with Gasteiger partial charge in [-0.15, -0.1) is 0 Å². The second-order valence-electron chi connectivity index (χ2n) is 5.11. The Hall–Kier alpha value is -2.89. The molecule has 12 nitrogen and oxygen atoms in total. The SMILES string of the molecule is NC(=O)[C@H](CCCN=C(N)N)NC(=O)C(CO)NC(=O)CCC(=O)O. The third-order valence-corrected chi connectivity index (χ3v) is 3.01. The highest BCUT2D eigenvalue weighted by atomic mass is 16.4. The quantitative estimate of drug-likeness (QED) is 0.104. The van der Waals surface area contributed by atoms with Crippen molar-refractivity contribution < 1.29 is 29.4 Å². The monoisotopic (exact) mass is 360 g/mol. The molecule has 0 fully saturated rings. The first kappa shape index (κ1) is 22.1. The van der Waals surface area contributed by atoms with E-state index in [-0.39, 0.29) is 25.3 Å². The van der Waals surface area contributed by atoms with E-state index >= 15 is 0 Å². The molecule has 0 saturated heterocycles. The Morgan fingerprint density at radius 3 is 2.12 bits per heavy atom. The molecule has 12 heteroatoms. The second-order valence-corrected chi connectivity index (χ2v) is 5.11. The van der Waals surface area contributed by atoms with Crippen LogP contribution in [-0.4, -0.2) is 65.1 Å². The number of aliphatic hydroxyl groups is 1. The lowest BCUT2D eigenvalue weighted by Gasteiger charge is -2.20. The number of primary amides is 1. The minimum absolute atomic E-state index is 0.107. The van der Waals surface area contributed by atoms with Crippen molar-refractivity contribution in [2.45, 2.75) is 37.8 Å². The predicted octanol–water partition coefficient (Wildman–Crippen LogP) is -3.65. The lowest BCUT2D eigenvalue weighted by molar-refractivity contribution is -0.139. The molecule has 0 aliphatic rings. The third-order valence-electron chi connectivity index (χ3n) is 3.01. The number of carboxylic acid groups (broad SMARTS) is 1. The van der Waals surface area contributed by atoms with E-state index < -0.39 is 48.8 Å². The molecule has 10 N–H and O–H groups in total. The molecule has 0 saturated carbocycles. The molecule has 0 heterocycles. The van der Waals surface area contributed by atoms with Gasteiger partial charge in [0.1, 0.15) is 12.1 Å². The van der Waals surface area contributed by atoms with Crippen molar-refractivity contribution in [3.63, 3.8) is 0 Å². The van der Waals surface area contributed by atoms with Crippen molar-refractivity contribution in [1.29, 1.82) is 0 Å². The van der Waals surface area contributed by atoms with Crippen LogP contribution in [0.5, 0.6) is 0 Å². The molecule has 0 aromatic rings. The maximum atomic E-state index is 12.0. The van der Waals surface area contributed by atoms with Gasteiger partial charge in [0, 0.05) is 13.0 Å². The molecular formula is C13H24N6O6. The Balaban J connectivity index is 4.57. The summed E-state index contributed by atoms with van der Waals surface area (Å²) in [5.74, 6) is -3.62. The summed E-state index contributed by atoms with van der Waals surface area (Å²) in [6.07, 6.45) is -0.249. The summed E-state index contributed by atoms with van der Waals surface area (Å²) >= 11 is 0. The number of nitrogens with two attached hydrogens (primary N) is 3. The first-order chi connectivity index (χ1) is 11.7. The Kier molecular flexibility index (Phi) is 10.3. The molecule has 0 aromatic carbocycles. The number of carbonyl (C=O) groups is 4. The highest BCUT2D eigenvalue weighted by molar-refractivity contribution is 5.92. The van der Waals surface area contributed by atoms with E-state index in [2.05, 4.69) is 15.6 Å². The number of hydrogen-bond acceptors (Lipinski definition) is 6. The molecular weight excluding hydrogens is 336 g/mol. The van der Waals surface area contributed by atoms with E-state index in [0.717, 1.165) is 0 Å². The van der Waals surface area contributed by atoms with Crippen molar-refractivity contribution in [3.8, 4) is 0 Å². The molecule has 1 unspecified atom stereocenters. The maximum Gasteiger partial charge on any atom is 0.303 e. The normalized spacial score (nSPS) is 12.5. The molecule has 0 aromatic heterocycles. The van der Waals surface area contributed by atoms with Crippen molar-refractivity contribution in [3.05, 3.63) is 0 Å². The van der Waals surface area contributed by atoms with Crippen LogP contribution < -0.4 is 27.8 Å². The van der Waals surface area contributed by atoms with Crippen molar-refractivity contribution in [2.75, 3.05) is 13.2 Å². The van der Waals surface area contributed by atoms with Crippen LogP contribution in [0.4, 0.5) is 0 Å². The molecule has 0 bridgehead atoms. The number of carboxylic acids is 1. The van der Waals surface area contributed by atoms with Crippen molar-refractivity contribution >= 4 is 29.7 Å². The number of aliphatic imine (C=N–C) groups is 1. The third kappa shape index (κ3) is 10.5. The van der Waals surface area contributed by atoms with Gasteiger partial charge in [-0.25, -0.2) is 0 Å². The van der Waals surface area contributed by atoms with Gasteiger partial charge >= 0.3 is 5.97 Å². The highest BCUT2D eigenvalue weighted by Crippen LogP contribution is 1.99. The number of hydrogen-bond donors (Lipinski definition) is 7. The summed E-state index contributed by atoms with van der Waals surface area (Å²) in [6.45, 7) is -0.499. The van der Waals surface area contributed by atoms with Crippen LogP contribution in [0.25, 0.3) is 0 Å². The van der Waals surface area contributed by atoms with Gasteiger partial charge in [-0.2, -0.15) is 0 Å². The molecule has 0 aliphatic heterocycles. The van der Waals surface area contributed by atoms with Gasteiger partial charge in [0.05, 0.1) is 13.0 Å². The van der Waals surface area contributed by atoms with Crippen LogP contribution in [0.2, 0.25) is 0 Å². The van der Waals surface area contributed by atoms with Gasteiger partial charge in [-0.05, 0) is 12.8 Å². The average molecular weight is 360 g/mol. The standard InChI is InChI=1S/C13H24N6O6/c14-11(24)7(2-1-5-17-13(15)16)19-12(25)8(6-20)18-9(21)3-4-10(22)23/h7-8,20H,1-6H2,(H2,14,24)(H,18,21)(H,19,25)(H,22,23)(H4,15,16,17)/t7-,8?/m0/s1. The molecule has 25 heavy (non-hydrogen) atoms. The summed E-state index contributed by atoms with van der Waals surface area (Å²) in [5.41, 5.74) is 15.5. The van der Waals surface area contributed by atoms with Crippen LogP contribution in [0.15, 0.2) is 4.99 Å². The summed E-state index contributed by atoms with van der Waals surface area (Å²) in [5, 5.41) is 22.2. The van der Waals surface area contributed by atoms with E-state index in [1.165, 1.54) is 0 Å². The Morgan fingerprint density at radius 2 is 1.64 bits per heavy atom. The van der Waals surface area contributed by atoms with Crippen molar-refractivity contribution in [2.24, 2.45) is 22.2 Å². The van der Waals surface area contributed by atoms with Gasteiger partial charge < -0.3 is 38.0 Å². The van der Waals surface area contributed by atoms with Crippen molar-refractivity contribution in [1.82, 2.24) is 10.6 Å². The lowest BCUT2D eigenvalue weighted by atomic mass is 10.1. The molecule has 0 spiro atoms. The predicted molar refractivity (Wildman–Crippen MR) is 86.9 cm³/mol. The molecule has 2 atom stereocenters. The number of carbonyl (C=O) groups excluding carboxylic acids is 3. The van der Waals surface area contributed by atoms with Gasteiger partial charge in [0.15, 0.2) is 5.96 Å². The largest absolute Gasteiger partial charge is 0.481 e. The number of rotatable bonds is 12. The zero-order valence-electron chi connectivity index (χ0n) is 13.6.